The van der Waals surface area contributed by atoms with Gasteiger partial charge >= 0.3 is 0 Å². The van der Waals surface area contributed by atoms with Crippen molar-refractivity contribution >= 4 is 5.78 Å². The molecule has 0 saturated carbocycles. The maximum Gasteiger partial charge on any atom is 0.150 e. The van der Waals surface area contributed by atoms with Gasteiger partial charge in [-0.1, -0.05) is 0 Å². The SMILES string of the molecule is CC(=O)C1NNNC1c1ccncc1. The van der Waals surface area contributed by atoms with Crippen LogP contribution in [0.1, 0.15) is 18.5 Å². The van der Waals surface area contributed by atoms with Crippen molar-refractivity contribution in [2.45, 2.75) is 19.0 Å². The van der Waals surface area contributed by atoms with E-state index in [1.54, 1.807) is 19.3 Å². The minimum absolute atomic E-state index is 0.0319. The average molecular weight is 192 g/mol. The van der Waals surface area contributed by atoms with E-state index in [2.05, 4.69) is 21.4 Å². The third-order valence-corrected chi connectivity index (χ3v) is 2.29. The number of hydrogen-bond acceptors (Lipinski definition) is 5. The lowest BCUT2D eigenvalue weighted by Crippen LogP contribution is -2.37. The Morgan fingerprint density at radius 3 is 2.71 bits per heavy atom. The number of nitrogens with zero attached hydrogens (tertiary/aromatic N) is 1. The van der Waals surface area contributed by atoms with Gasteiger partial charge in [0.1, 0.15) is 11.8 Å². The van der Waals surface area contributed by atoms with Gasteiger partial charge in [0.2, 0.25) is 0 Å². The van der Waals surface area contributed by atoms with Crippen LogP contribution in [0.25, 0.3) is 0 Å². The van der Waals surface area contributed by atoms with Crippen molar-refractivity contribution in [1.82, 2.24) is 21.4 Å². The number of aromatic nitrogens is 1. The van der Waals surface area contributed by atoms with Crippen molar-refractivity contribution in [2.75, 3.05) is 0 Å². The molecule has 1 aromatic heterocycles. The summed E-state index contributed by atoms with van der Waals surface area (Å²) in [5, 5.41) is 0. The molecule has 2 rings (SSSR count). The minimum Gasteiger partial charge on any atom is -0.298 e. The standard InChI is InChI=1S/C9H12N4O/c1-6(14)8-9(12-13-11-8)7-2-4-10-5-3-7/h2-5,8-9,11-13H,1H3. The van der Waals surface area contributed by atoms with Gasteiger partial charge in [0, 0.05) is 12.4 Å². The topological polar surface area (TPSA) is 66.1 Å². The normalized spacial score (nSPS) is 26.4. The molecular weight excluding hydrogens is 180 g/mol. The predicted octanol–water partition coefficient (Wildman–Crippen LogP) is -0.307. The summed E-state index contributed by atoms with van der Waals surface area (Å²) >= 11 is 0. The first-order chi connectivity index (χ1) is 6.79. The number of carbonyl (C=O) groups excluding carboxylic acids is 1. The molecule has 3 N–H and O–H groups in total. The van der Waals surface area contributed by atoms with Gasteiger partial charge < -0.3 is 0 Å². The zero-order valence-electron chi connectivity index (χ0n) is 7.82. The Balaban J connectivity index is 2.22. The zero-order valence-corrected chi connectivity index (χ0v) is 7.82. The van der Waals surface area contributed by atoms with E-state index in [1.807, 2.05) is 12.1 Å². The van der Waals surface area contributed by atoms with Crippen molar-refractivity contribution < 1.29 is 4.79 Å². The van der Waals surface area contributed by atoms with Gasteiger partial charge in [-0.25, -0.2) is 10.9 Å². The van der Waals surface area contributed by atoms with Gasteiger partial charge in [-0.2, -0.15) is 5.53 Å². The van der Waals surface area contributed by atoms with Crippen LogP contribution in [0.4, 0.5) is 0 Å². The van der Waals surface area contributed by atoms with E-state index in [4.69, 9.17) is 0 Å². The molecule has 0 aromatic carbocycles. The number of carbonyl (C=O) groups is 1. The van der Waals surface area contributed by atoms with E-state index in [1.165, 1.54) is 0 Å². The monoisotopic (exact) mass is 192 g/mol. The van der Waals surface area contributed by atoms with Crippen LogP contribution < -0.4 is 16.4 Å². The highest BCUT2D eigenvalue weighted by Gasteiger charge is 2.30. The largest absolute Gasteiger partial charge is 0.298 e. The van der Waals surface area contributed by atoms with Gasteiger partial charge in [-0.15, -0.1) is 0 Å². The molecule has 2 atom stereocenters. The molecule has 0 amide bonds. The lowest BCUT2D eigenvalue weighted by molar-refractivity contribution is -0.119. The molecule has 1 aromatic rings. The van der Waals surface area contributed by atoms with Crippen LogP contribution in [0.3, 0.4) is 0 Å². The Labute approximate surface area is 81.9 Å². The molecule has 5 heteroatoms. The molecule has 1 fully saturated rings. The molecule has 2 unspecified atom stereocenters. The van der Waals surface area contributed by atoms with E-state index in [-0.39, 0.29) is 17.9 Å². The lowest BCUT2D eigenvalue weighted by atomic mass is 9.99. The summed E-state index contributed by atoms with van der Waals surface area (Å²) in [5.74, 6) is 0.101. The lowest BCUT2D eigenvalue weighted by Gasteiger charge is -2.14. The van der Waals surface area contributed by atoms with E-state index in [9.17, 15) is 4.79 Å². The summed E-state index contributed by atoms with van der Waals surface area (Å²) < 4.78 is 0. The number of hydrogen-bond donors (Lipinski definition) is 3. The summed E-state index contributed by atoms with van der Waals surface area (Å²) in [5.41, 5.74) is 9.67. The number of pyridine rings is 1. The van der Waals surface area contributed by atoms with Crippen LogP contribution in [-0.2, 0) is 4.79 Å². The van der Waals surface area contributed by atoms with Gasteiger partial charge in [0.25, 0.3) is 0 Å². The van der Waals surface area contributed by atoms with Crippen LogP contribution in [-0.4, -0.2) is 16.8 Å². The Morgan fingerprint density at radius 2 is 2.07 bits per heavy atom. The summed E-state index contributed by atoms with van der Waals surface area (Å²) in [7, 11) is 0. The number of hydrazine groups is 2. The molecule has 5 nitrogen and oxygen atoms in total. The third-order valence-electron chi connectivity index (χ3n) is 2.29. The summed E-state index contributed by atoms with van der Waals surface area (Å²) in [4.78, 5) is 15.2. The maximum atomic E-state index is 11.3. The van der Waals surface area contributed by atoms with Crippen molar-refractivity contribution in [3.63, 3.8) is 0 Å². The second kappa shape index (κ2) is 3.83. The third kappa shape index (κ3) is 1.65. The van der Waals surface area contributed by atoms with Crippen molar-refractivity contribution in [1.29, 1.82) is 0 Å². The van der Waals surface area contributed by atoms with E-state index in [0.29, 0.717) is 0 Å². The first-order valence-electron chi connectivity index (χ1n) is 4.45. The summed E-state index contributed by atoms with van der Waals surface area (Å²) in [6, 6.07) is 3.53. The average Bonchev–Trinajstić information content (AvgIpc) is 2.67. The molecular formula is C9H12N4O. The maximum absolute atomic E-state index is 11.3. The van der Waals surface area contributed by atoms with Crippen LogP contribution >= 0.6 is 0 Å². The number of nitrogens with one attached hydrogen (secondary N) is 3. The van der Waals surface area contributed by atoms with Gasteiger partial charge in [-0.05, 0) is 24.6 Å². The van der Waals surface area contributed by atoms with Crippen molar-refractivity contribution in [3.05, 3.63) is 30.1 Å². The zero-order chi connectivity index (χ0) is 9.97. The fourth-order valence-electron chi connectivity index (χ4n) is 1.55. The first-order valence-corrected chi connectivity index (χ1v) is 4.45. The van der Waals surface area contributed by atoms with Crippen LogP contribution in [0.2, 0.25) is 0 Å². The minimum atomic E-state index is -0.225. The molecule has 0 radical (unpaired) electrons. The fraction of sp³-hybridized carbons (Fsp3) is 0.333. The van der Waals surface area contributed by atoms with Gasteiger partial charge in [-0.3, -0.25) is 9.78 Å². The summed E-state index contributed by atoms with van der Waals surface area (Å²) in [6.45, 7) is 1.57. The molecule has 1 aliphatic heterocycles. The molecule has 0 bridgehead atoms. The molecule has 1 saturated heterocycles. The highest BCUT2D eigenvalue weighted by molar-refractivity contribution is 5.82. The Bertz CT molecular complexity index is 327. The Morgan fingerprint density at radius 1 is 1.36 bits per heavy atom. The number of Topliss-reactive ketones (excluding diaryl/α,β-unsaturated/α-hetero) is 1. The van der Waals surface area contributed by atoms with E-state index >= 15 is 0 Å². The smallest absolute Gasteiger partial charge is 0.150 e. The van der Waals surface area contributed by atoms with Crippen molar-refractivity contribution in [3.8, 4) is 0 Å². The predicted molar refractivity (Wildman–Crippen MR) is 50.9 cm³/mol. The second-order valence-corrected chi connectivity index (χ2v) is 3.26. The van der Waals surface area contributed by atoms with E-state index < -0.39 is 0 Å². The molecule has 0 spiro atoms. The van der Waals surface area contributed by atoms with Gasteiger partial charge in [0.05, 0.1) is 6.04 Å². The van der Waals surface area contributed by atoms with Crippen LogP contribution in [0.5, 0.6) is 0 Å². The molecule has 2 heterocycles. The molecule has 14 heavy (non-hydrogen) atoms. The quantitative estimate of drug-likeness (QED) is 0.600. The Hall–Kier alpha value is -1.30. The number of rotatable bonds is 2. The van der Waals surface area contributed by atoms with Crippen LogP contribution in [0, 0.1) is 0 Å². The fourth-order valence-corrected chi connectivity index (χ4v) is 1.55. The highest BCUT2D eigenvalue weighted by Crippen LogP contribution is 2.18. The van der Waals surface area contributed by atoms with Gasteiger partial charge in [0.15, 0.2) is 0 Å². The molecule has 1 aliphatic rings. The molecule has 74 valence electrons. The number of ketones is 1. The van der Waals surface area contributed by atoms with E-state index in [0.717, 1.165) is 5.56 Å². The van der Waals surface area contributed by atoms with Crippen molar-refractivity contribution in [2.24, 2.45) is 0 Å². The molecule has 0 aliphatic carbocycles. The second-order valence-electron chi connectivity index (χ2n) is 3.26. The summed E-state index contributed by atoms with van der Waals surface area (Å²) in [6.07, 6.45) is 3.43. The highest BCUT2D eigenvalue weighted by atomic mass is 16.1. The first kappa shape index (κ1) is 9.26. The Kier molecular flexibility index (Phi) is 2.53. The van der Waals surface area contributed by atoms with Crippen LogP contribution in [0.15, 0.2) is 24.5 Å².